The van der Waals surface area contributed by atoms with Gasteiger partial charge in [0, 0.05) is 15.1 Å². The first-order valence-electron chi connectivity index (χ1n) is 5.97. The zero-order valence-corrected chi connectivity index (χ0v) is 14.1. The molecule has 1 aromatic carbocycles. The van der Waals surface area contributed by atoms with Crippen LogP contribution in [-0.2, 0) is 0 Å². The van der Waals surface area contributed by atoms with Gasteiger partial charge in [-0.25, -0.2) is 4.98 Å². The van der Waals surface area contributed by atoms with E-state index in [1.807, 2.05) is 13.0 Å². The molecule has 0 saturated carbocycles. The van der Waals surface area contributed by atoms with E-state index < -0.39 is 0 Å². The molecule has 1 aromatic heterocycles. The van der Waals surface area contributed by atoms with Crippen molar-refractivity contribution < 1.29 is 4.79 Å². The maximum absolute atomic E-state index is 12.0. The van der Waals surface area contributed by atoms with Gasteiger partial charge in [0.05, 0.1) is 5.69 Å². The van der Waals surface area contributed by atoms with Crippen molar-refractivity contribution in [1.29, 1.82) is 0 Å². The molecule has 2 N–H and O–H groups in total. The number of carbonyl (C=O) groups excluding carboxylic acids is 1. The van der Waals surface area contributed by atoms with Crippen LogP contribution in [-0.4, -0.2) is 16.0 Å². The van der Waals surface area contributed by atoms with E-state index in [1.54, 1.807) is 30.3 Å². The summed E-state index contributed by atoms with van der Waals surface area (Å²) in [6.45, 7) is 1.86. The summed E-state index contributed by atoms with van der Waals surface area (Å²) in [5.41, 5.74) is 1.26. The number of amides is 1. The first-order valence-corrected chi connectivity index (χ1v) is 7.54. The smallest absolute Gasteiger partial charge is 0.257 e. The number of halogens is 2. The fraction of sp³-hybridized carbons (Fsp3) is 0.0714. The highest BCUT2D eigenvalue weighted by atomic mass is 79.9. The highest BCUT2D eigenvalue weighted by Crippen LogP contribution is 2.16. The third-order valence-corrected chi connectivity index (χ3v) is 3.85. The minimum absolute atomic E-state index is 0.175. The van der Waals surface area contributed by atoms with E-state index in [1.165, 1.54) is 0 Å². The second-order valence-electron chi connectivity index (χ2n) is 4.18. The molecular formula is C14H11BrClN3OS. The van der Waals surface area contributed by atoms with Crippen LogP contribution in [0.5, 0.6) is 0 Å². The maximum atomic E-state index is 12.0. The molecule has 0 spiro atoms. The Morgan fingerprint density at radius 3 is 2.76 bits per heavy atom. The summed E-state index contributed by atoms with van der Waals surface area (Å²) in [4.78, 5) is 16.3. The van der Waals surface area contributed by atoms with Gasteiger partial charge in [-0.15, -0.1) is 0 Å². The Labute approximate surface area is 141 Å². The van der Waals surface area contributed by atoms with Crippen molar-refractivity contribution in [2.75, 3.05) is 5.32 Å². The van der Waals surface area contributed by atoms with Gasteiger partial charge >= 0.3 is 0 Å². The number of benzene rings is 1. The Morgan fingerprint density at radius 2 is 2.10 bits per heavy atom. The molecule has 108 valence electrons. The van der Waals surface area contributed by atoms with Gasteiger partial charge in [-0.2, -0.15) is 0 Å². The predicted molar refractivity (Wildman–Crippen MR) is 91.8 cm³/mol. The second-order valence-corrected chi connectivity index (χ2v) is 5.88. The number of pyridine rings is 1. The molecule has 0 aliphatic carbocycles. The first kappa shape index (κ1) is 15.9. The molecule has 7 heteroatoms. The van der Waals surface area contributed by atoms with E-state index in [4.69, 9.17) is 23.8 Å². The van der Waals surface area contributed by atoms with Crippen molar-refractivity contribution in [2.24, 2.45) is 0 Å². The van der Waals surface area contributed by atoms with Crippen molar-refractivity contribution in [1.82, 2.24) is 10.3 Å². The minimum Gasteiger partial charge on any atom is -0.317 e. The normalized spacial score (nSPS) is 10.0. The van der Waals surface area contributed by atoms with Crippen LogP contribution in [0.1, 0.15) is 16.1 Å². The van der Waals surface area contributed by atoms with Crippen molar-refractivity contribution in [3.63, 3.8) is 0 Å². The molecule has 0 unspecified atom stereocenters. The lowest BCUT2D eigenvalue weighted by Crippen LogP contribution is -2.34. The molecule has 1 amide bonds. The largest absolute Gasteiger partial charge is 0.317 e. The number of hydrogen-bond acceptors (Lipinski definition) is 3. The Kier molecular flexibility index (Phi) is 5.27. The number of hydrogen-bond donors (Lipinski definition) is 2. The van der Waals surface area contributed by atoms with Crippen LogP contribution >= 0.6 is 39.7 Å². The van der Waals surface area contributed by atoms with Crippen LogP contribution in [0.25, 0.3) is 0 Å². The summed E-state index contributed by atoms with van der Waals surface area (Å²) in [5, 5.41) is 6.10. The van der Waals surface area contributed by atoms with E-state index in [0.717, 1.165) is 10.2 Å². The number of aromatic nitrogens is 1. The first-order chi connectivity index (χ1) is 9.95. The van der Waals surface area contributed by atoms with Gasteiger partial charge in [-0.05, 0) is 65.4 Å². The fourth-order valence-corrected chi connectivity index (χ4v) is 2.17. The van der Waals surface area contributed by atoms with E-state index in [0.29, 0.717) is 16.4 Å². The zero-order valence-electron chi connectivity index (χ0n) is 11.0. The molecule has 0 radical (unpaired) electrons. The number of nitrogens with zero attached hydrogens (tertiary/aromatic N) is 1. The average Bonchev–Trinajstić information content (AvgIpc) is 2.43. The van der Waals surface area contributed by atoms with E-state index in [2.05, 4.69) is 31.5 Å². The average molecular weight is 385 g/mol. The molecule has 21 heavy (non-hydrogen) atoms. The fourth-order valence-electron chi connectivity index (χ4n) is 1.57. The molecule has 0 aliphatic rings. The molecule has 4 nitrogen and oxygen atoms in total. The minimum atomic E-state index is -0.330. The van der Waals surface area contributed by atoms with Crippen molar-refractivity contribution in [2.45, 2.75) is 6.92 Å². The predicted octanol–water partition coefficient (Wildman–Crippen LogP) is 3.93. The number of thiocarbonyl (C=S) groups is 1. The second kappa shape index (κ2) is 6.98. The molecule has 0 aliphatic heterocycles. The summed E-state index contributed by atoms with van der Waals surface area (Å²) in [6.07, 6.45) is 0. The molecule has 0 bridgehead atoms. The molecule has 0 saturated heterocycles. The Morgan fingerprint density at radius 1 is 1.33 bits per heavy atom. The summed E-state index contributed by atoms with van der Waals surface area (Å²) in [6, 6.07) is 10.2. The Bertz CT molecular complexity index is 708. The standard InChI is InChI=1S/C14H11BrClN3OS/c1-8-11(15)5-6-12(17-8)18-14(21)19-13(20)9-3-2-4-10(16)7-9/h2-7H,1H3,(H2,17,18,19,20,21). The van der Waals surface area contributed by atoms with Gasteiger partial charge in [0.2, 0.25) is 0 Å². The quantitative estimate of drug-likeness (QED) is 0.770. The summed E-state index contributed by atoms with van der Waals surface area (Å²) in [7, 11) is 0. The van der Waals surface area contributed by atoms with Gasteiger partial charge in [0.25, 0.3) is 5.91 Å². The molecular weight excluding hydrogens is 374 g/mol. The SMILES string of the molecule is Cc1nc(NC(=S)NC(=O)c2cccc(Cl)c2)ccc1Br. The van der Waals surface area contributed by atoms with Gasteiger partial charge in [-0.3, -0.25) is 10.1 Å². The highest BCUT2D eigenvalue weighted by molar-refractivity contribution is 9.10. The number of nitrogens with one attached hydrogen (secondary N) is 2. The third-order valence-electron chi connectivity index (χ3n) is 2.58. The maximum Gasteiger partial charge on any atom is 0.257 e. The van der Waals surface area contributed by atoms with Gasteiger partial charge < -0.3 is 5.32 Å². The summed E-state index contributed by atoms with van der Waals surface area (Å²) in [5.74, 6) is 0.232. The molecule has 0 atom stereocenters. The number of aryl methyl sites for hydroxylation is 1. The molecule has 2 aromatic rings. The Balaban J connectivity index is 2.01. The zero-order chi connectivity index (χ0) is 15.4. The third kappa shape index (κ3) is 4.49. The van der Waals surface area contributed by atoms with Crippen LogP contribution in [0.4, 0.5) is 5.82 Å². The van der Waals surface area contributed by atoms with Crippen LogP contribution in [0.15, 0.2) is 40.9 Å². The lowest BCUT2D eigenvalue weighted by molar-refractivity contribution is 0.0977. The van der Waals surface area contributed by atoms with Crippen molar-refractivity contribution in [3.8, 4) is 0 Å². The lowest BCUT2D eigenvalue weighted by atomic mass is 10.2. The monoisotopic (exact) mass is 383 g/mol. The molecule has 0 fully saturated rings. The summed E-state index contributed by atoms with van der Waals surface area (Å²) < 4.78 is 0.905. The number of anilines is 1. The lowest BCUT2D eigenvalue weighted by Gasteiger charge is -2.10. The van der Waals surface area contributed by atoms with Crippen molar-refractivity contribution >= 4 is 56.6 Å². The molecule has 1 heterocycles. The van der Waals surface area contributed by atoms with E-state index in [-0.39, 0.29) is 11.0 Å². The Hall–Kier alpha value is -1.50. The topological polar surface area (TPSA) is 54.0 Å². The van der Waals surface area contributed by atoms with Crippen LogP contribution < -0.4 is 10.6 Å². The van der Waals surface area contributed by atoms with Crippen molar-refractivity contribution in [3.05, 3.63) is 57.2 Å². The molecule has 2 rings (SSSR count). The number of rotatable bonds is 2. The van der Waals surface area contributed by atoms with Gasteiger partial charge in [0.1, 0.15) is 5.82 Å². The van der Waals surface area contributed by atoms with Gasteiger partial charge in [-0.1, -0.05) is 17.7 Å². The number of carbonyl (C=O) groups is 1. The van der Waals surface area contributed by atoms with E-state index >= 15 is 0 Å². The van der Waals surface area contributed by atoms with Crippen LogP contribution in [0.3, 0.4) is 0 Å². The van der Waals surface area contributed by atoms with E-state index in [9.17, 15) is 4.79 Å². The van der Waals surface area contributed by atoms with Gasteiger partial charge in [0.15, 0.2) is 5.11 Å². The highest BCUT2D eigenvalue weighted by Gasteiger charge is 2.09. The van der Waals surface area contributed by atoms with Crippen LogP contribution in [0.2, 0.25) is 5.02 Å². The van der Waals surface area contributed by atoms with Crippen LogP contribution in [0, 0.1) is 6.92 Å². The summed E-state index contributed by atoms with van der Waals surface area (Å²) >= 11 is 14.3.